The minimum Gasteiger partial charge on any atom is -0.332 e. The van der Waals surface area contributed by atoms with E-state index in [4.69, 9.17) is 16.1 Å². The number of pyridine rings is 1. The summed E-state index contributed by atoms with van der Waals surface area (Å²) in [5, 5.41) is 7.52. The Bertz CT molecular complexity index is 454. The highest BCUT2D eigenvalue weighted by molar-refractivity contribution is 6.30. The van der Waals surface area contributed by atoms with Gasteiger partial charge in [-0.3, -0.25) is 0 Å². The highest BCUT2D eigenvalue weighted by Gasteiger charge is 2.09. The molecule has 1 N–H and O–H groups in total. The van der Waals surface area contributed by atoms with Gasteiger partial charge in [0.25, 0.3) is 5.89 Å². The van der Waals surface area contributed by atoms with Gasteiger partial charge >= 0.3 is 0 Å². The van der Waals surface area contributed by atoms with Gasteiger partial charge in [-0.2, -0.15) is 4.98 Å². The SMILES string of the molecule is CCNCc1noc(-c2ccc(Cl)cn2)n1. The van der Waals surface area contributed by atoms with Crippen molar-refractivity contribution >= 4 is 11.6 Å². The van der Waals surface area contributed by atoms with Crippen molar-refractivity contribution in [1.82, 2.24) is 20.4 Å². The predicted molar refractivity (Wildman–Crippen MR) is 59.9 cm³/mol. The lowest BCUT2D eigenvalue weighted by molar-refractivity contribution is 0.418. The molecule has 0 saturated heterocycles. The Morgan fingerprint density at radius 1 is 1.44 bits per heavy atom. The first kappa shape index (κ1) is 11.0. The quantitative estimate of drug-likeness (QED) is 0.881. The van der Waals surface area contributed by atoms with Crippen LogP contribution in [0.1, 0.15) is 12.7 Å². The van der Waals surface area contributed by atoms with Crippen molar-refractivity contribution in [2.24, 2.45) is 0 Å². The first-order valence-electron chi connectivity index (χ1n) is 4.95. The molecule has 0 aliphatic rings. The molecule has 2 heterocycles. The Hall–Kier alpha value is -1.46. The largest absolute Gasteiger partial charge is 0.332 e. The zero-order valence-electron chi connectivity index (χ0n) is 8.77. The van der Waals surface area contributed by atoms with E-state index < -0.39 is 0 Å². The topological polar surface area (TPSA) is 63.8 Å². The van der Waals surface area contributed by atoms with Gasteiger partial charge in [0, 0.05) is 6.20 Å². The normalized spacial score (nSPS) is 10.6. The molecule has 0 atom stereocenters. The molecule has 0 fully saturated rings. The number of nitrogens with zero attached hydrogens (tertiary/aromatic N) is 3. The lowest BCUT2D eigenvalue weighted by atomic mass is 10.3. The molecule has 0 radical (unpaired) electrons. The molecule has 0 spiro atoms. The molecule has 2 aromatic heterocycles. The summed E-state index contributed by atoms with van der Waals surface area (Å²) in [6.07, 6.45) is 1.55. The Morgan fingerprint density at radius 3 is 3.00 bits per heavy atom. The van der Waals surface area contributed by atoms with Crippen molar-refractivity contribution in [2.75, 3.05) is 6.54 Å². The lowest BCUT2D eigenvalue weighted by Gasteiger charge is -1.93. The summed E-state index contributed by atoms with van der Waals surface area (Å²) in [6, 6.07) is 3.48. The highest BCUT2D eigenvalue weighted by Crippen LogP contribution is 2.16. The smallest absolute Gasteiger partial charge is 0.276 e. The fourth-order valence-corrected chi connectivity index (χ4v) is 1.28. The van der Waals surface area contributed by atoms with E-state index in [0.29, 0.717) is 29.0 Å². The van der Waals surface area contributed by atoms with Crippen LogP contribution in [0.5, 0.6) is 0 Å². The van der Waals surface area contributed by atoms with Gasteiger partial charge < -0.3 is 9.84 Å². The third-order valence-corrected chi connectivity index (χ3v) is 2.17. The molecule has 6 heteroatoms. The average Bonchev–Trinajstić information content (AvgIpc) is 2.76. The van der Waals surface area contributed by atoms with Crippen molar-refractivity contribution in [3.8, 4) is 11.6 Å². The van der Waals surface area contributed by atoms with Crippen LogP contribution in [0.2, 0.25) is 5.02 Å². The molecule has 0 aliphatic heterocycles. The number of rotatable bonds is 4. The van der Waals surface area contributed by atoms with E-state index in [1.54, 1.807) is 18.3 Å². The second-order valence-corrected chi connectivity index (χ2v) is 3.59. The number of nitrogens with one attached hydrogen (secondary N) is 1. The summed E-state index contributed by atoms with van der Waals surface area (Å²) in [6.45, 7) is 3.47. The fraction of sp³-hybridized carbons (Fsp3) is 0.300. The van der Waals surface area contributed by atoms with E-state index in [9.17, 15) is 0 Å². The molecule has 0 bridgehead atoms. The van der Waals surface area contributed by atoms with Crippen LogP contribution < -0.4 is 5.32 Å². The third kappa shape index (κ3) is 2.56. The minimum atomic E-state index is 0.407. The predicted octanol–water partition coefficient (Wildman–Crippen LogP) is 1.89. The molecule has 0 unspecified atom stereocenters. The minimum absolute atomic E-state index is 0.407. The molecule has 0 aliphatic carbocycles. The van der Waals surface area contributed by atoms with Crippen molar-refractivity contribution in [2.45, 2.75) is 13.5 Å². The first-order chi connectivity index (χ1) is 7.79. The lowest BCUT2D eigenvalue weighted by Crippen LogP contribution is -2.12. The Labute approximate surface area is 97.8 Å². The van der Waals surface area contributed by atoms with Crippen LogP contribution in [0.4, 0.5) is 0 Å². The number of halogens is 1. The van der Waals surface area contributed by atoms with Crippen LogP contribution in [-0.4, -0.2) is 21.7 Å². The van der Waals surface area contributed by atoms with E-state index in [-0.39, 0.29) is 0 Å². The van der Waals surface area contributed by atoms with Gasteiger partial charge in [-0.1, -0.05) is 23.7 Å². The first-order valence-corrected chi connectivity index (χ1v) is 5.32. The molecule has 2 aromatic rings. The van der Waals surface area contributed by atoms with E-state index in [1.807, 2.05) is 6.92 Å². The number of aromatic nitrogens is 3. The molecular formula is C10H11ClN4O. The van der Waals surface area contributed by atoms with Crippen LogP contribution in [0, 0.1) is 0 Å². The van der Waals surface area contributed by atoms with Crippen molar-refractivity contribution in [1.29, 1.82) is 0 Å². The highest BCUT2D eigenvalue weighted by atomic mass is 35.5. The maximum atomic E-state index is 5.73. The Balaban J connectivity index is 2.15. The van der Waals surface area contributed by atoms with Gasteiger partial charge in [0.15, 0.2) is 5.82 Å². The maximum absolute atomic E-state index is 5.73. The van der Waals surface area contributed by atoms with Gasteiger partial charge in [0.05, 0.1) is 11.6 Å². The van der Waals surface area contributed by atoms with Gasteiger partial charge in [-0.25, -0.2) is 4.98 Å². The van der Waals surface area contributed by atoms with E-state index in [1.165, 1.54) is 0 Å². The molecule has 0 amide bonds. The number of hydrogen-bond donors (Lipinski definition) is 1. The van der Waals surface area contributed by atoms with Crippen LogP contribution in [-0.2, 0) is 6.54 Å². The van der Waals surface area contributed by atoms with Crippen LogP contribution in [0.15, 0.2) is 22.9 Å². The van der Waals surface area contributed by atoms with Crippen LogP contribution in [0.25, 0.3) is 11.6 Å². The van der Waals surface area contributed by atoms with Crippen molar-refractivity contribution < 1.29 is 4.52 Å². The molecular weight excluding hydrogens is 228 g/mol. The number of hydrogen-bond acceptors (Lipinski definition) is 5. The molecule has 0 aromatic carbocycles. The summed E-state index contributed by atoms with van der Waals surface area (Å²) in [7, 11) is 0. The summed E-state index contributed by atoms with van der Waals surface area (Å²) in [5.41, 5.74) is 0.625. The third-order valence-electron chi connectivity index (χ3n) is 1.95. The Morgan fingerprint density at radius 2 is 2.31 bits per heavy atom. The molecule has 5 nitrogen and oxygen atoms in total. The molecule has 2 rings (SSSR count). The Kier molecular flexibility index (Phi) is 3.48. The van der Waals surface area contributed by atoms with Gasteiger partial charge in [-0.05, 0) is 18.7 Å². The maximum Gasteiger partial charge on any atom is 0.276 e. The van der Waals surface area contributed by atoms with E-state index >= 15 is 0 Å². The zero-order valence-corrected chi connectivity index (χ0v) is 9.53. The zero-order chi connectivity index (χ0) is 11.4. The van der Waals surface area contributed by atoms with Gasteiger partial charge in [0.1, 0.15) is 5.69 Å². The standard InChI is InChI=1S/C10H11ClN4O/c1-2-12-6-9-14-10(16-15-9)8-4-3-7(11)5-13-8/h3-5,12H,2,6H2,1H3. The van der Waals surface area contributed by atoms with E-state index in [0.717, 1.165) is 6.54 Å². The summed E-state index contributed by atoms with van der Waals surface area (Å²) in [4.78, 5) is 8.30. The summed E-state index contributed by atoms with van der Waals surface area (Å²) >= 11 is 5.73. The van der Waals surface area contributed by atoms with Gasteiger partial charge in [-0.15, -0.1) is 0 Å². The van der Waals surface area contributed by atoms with Crippen LogP contribution in [0.3, 0.4) is 0 Å². The molecule has 0 saturated carbocycles. The van der Waals surface area contributed by atoms with Crippen molar-refractivity contribution in [3.63, 3.8) is 0 Å². The second-order valence-electron chi connectivity index (χ2n) is 3.16. The van der Waals surface area contributed by atoms with Crippen LogP contribution >= 0.6 is 11.6 Å². The summed E-state index contributed by atoms with van der Waals surface area (Å²) in [5.74, 6) is 1.03. The average molecular weight is 239 g/mol. The van der Waals surface area contributed by atoms with Gasteiger partial charge in [0.2, 0.25) is 0 Å². The van der Waals surface area contributed by atoms with Crippen molar-refractivity contribution in [3.05, 3.63) is 29.2 Å². The second kappa shape index (κ2) is 5.05. The fourth-order valence-electron chi connectivity index (χ4n) is 1.17. The van der Waals surface area contributed by atoms with E-state index in [2.05, 4.69) is 20.4 Å². The summed E-state index contributed by atoms with van der Waals surface area (Å²) < 4.78 is 5.08. The monoisotopic (exact) mass is 238 g/mol. The molecule has 16 heavy (non-hydrogen) atoms. The molecule has 84 valence electrons.